The summed E-state index contributed by atoms with van der Waals surface area (Å²) in [6.07, 6.45) is 6.98. The summed E-state index contributed by atoms with van der Waals surface area (Å²) in [6, 6.07) is 9.98. The van der Waals surface area contributed by atoms with Crippen molar-refractivity contribution in [2.75, 3.05) is 12.4 Å². The van der Waals surface area contributed by atoms with E-state index < -0.39 is 0 Å². The van der Waals surface area contributed by atoms with Crippen molar-refractivity contribution in [3.8, 4) is 22.8 Å². The second kappa shape index (κ2) is 6.31. The number of imidazole rings is 1. The van der Waals surface area contributed by atoms with E-state index in [1.165, 1.54) is 25.7 Å². The van der Waals surface area contributed by atoms with Crippen molar-refractivity contribution in [2.24, 2.45) is 0 Å². The Morgan fingerprint density at radius 2 is 2.04 bits per heavy atom. The number of hydrogen-bond acceptors (Lipinski definition) is 4. The number of hydrogen-bond donors (Lipinski definition) is 2. The third-order valence-electron chi connectivity index (χ3n) is 4.99. The zero-order valence-corrected chi connectivity index (χ0v) is 14.6. The van der Waals surface area contributed by atoms with Crippen LogP contribution in [-0.4, -0.2) is 27.6 Å². The van der Waals surface area contributed by atoms with Crippen molar-refractivity contribution >= 4 is 11.5 Å². The van der Waals surface area contributed by atoms with Gasteiger partial charge in [-0.25, -0.2) is 4.98 Å². The predicted molar refractivity (Wildman–Crippen MR) is 99.5 cm³/mol. The average Bonchev–Trinajstić information content (AvgIpc) is 3.25. The fourth-order valence-corrected chi connectivity index (χ4v) is 3.63. The van der Waals surface area contributed by atoms with Gasteiger partial charge in [0.25, 0.3) is 0 Å². The number of aromatic nitrogens is 2. The quantitative estimate of drug-likeness (QED) is 0.742. The van der Waals surface area contributed by atoms with Crippen LogP contribution in [0.2, 0.25) is 0 Å². The molecule has 0 bridgehead atoms. The fraction of sp³-hybridized carbons (Fsp3) is 0.350. The summed E-state index contributed by atoms with van der Waals surface area (Å²) in [5.41, 5.74) is 3.90. The van der Waals surface area contributed by atoms with Crippen LogP contribution in [0.5, 0.6) is 11.5 Å². The molecule has 2 heterocycles. The van der Waals surface area contributed by atoms with E-state index in [0.29, 0.717) is 11.8 Å². The molecule has 1 fully saturated rings. The van der Waals surface area contributed by atoms with Crippen LogP contribution in [0.1, 0.15) is 31.2 Å². The average molecular weight is 337 g/mol. The first-order valence-electron chi connectivity index (χ1n) is 8.79. The minimum Gasteiger partial charge on any atom is -0.504 e. The number of anilines is 1. The van der Waals surface area contributed by atoms with Gasteiger partial charge in [0.05, 0.1) is 7.11 Å². The lowest BCUT2D eigenvalue weighted by molar-refractivity contribution is 0.373. The molecule has 0 unspecified atom stereocenters. The molecule has 5 nitrogen and oxygen atoms in total. The van der Waals surface area contributed by atoms with Gasteiger partial charge in [0.1, 0.15) is 17.2 Å². The van der Waals surface area contributed by atoms with E-state index >= 15 is 0 Å². The number of phenols is 1. The summed E-state index contributed by atoms with van der Waals surface area (Å²) in [5, 5.41) is 13.6. The van der Waals surface area contributed by atoms with Crippen molar-refractivity contribution in [1.82, 2.24) is 9.38 Å². The van der Waals surface area contributed by atoms with Crippen LogP contribution >= 0.6 is 0 Å². The van der Waals surface area contributed by atoms with E-state index in [-0.39, 0.29) is 5.75 Å². The molecule has 5 heteroatoms. The molecule has 25 heavy (non-hydrogen) atoms. The van der Waals surface area contributed by atoms with E-state index in [1.54, 1.807) is 13.2 Å². The van der Waals surface area contributed by atoms with Gasteiger partial charge in [-0.1, -0.05) is 18.9 Å². The van der Waals surface area contributed by atoms with Crippen LogP contribution in [0.25, 0.3) is 16.9 Å². The summed E-state index contributed by atoms with van der Waals surface area (Å²) in [7, 11) is 1.56. The first-order chi connectivity index (χ1) is 12.2. The highest BCUT2D eigenvalue weighted by Crippen LogP contribution is 2.36. The molecule has 2 aromatic heterocycles. The normalized spacial score (nSPS) is 15.0. The lowest BCUT2D eigenvalue weighted by Gasteiger charge is -2.15. The van der Waals surface area contributed by atoms with E-state index in [1.807, 2.05) is 24.4 Å². The second-order valence-electron chi connectivity index (χ2n) is 6.71. The standard InChI is InChI=1S/C20H23N3O2/c1-13-6-5-11-23-19(13)22-18(20(23)21-15-7-3-4-8-15)14-9-10-16(24)17(12-14)25-2/h5-6,9-12,15,21,24H,3-4,7-8H2,1-2H3. The Bertz CT molecular complexity index is 911. The molecular weight excluding hydrogens is 314 g/mol. The summed E-state index contributed by atoms with van der Waals surface area (Å²) < 4.78 is 7.40. The monoisotopic (exact) mass is 337 g/mol. The van der Waals surface area contributed by atoms with Gasteiger partial charge in [-0.3, -0.25) is 4.40 Å². The van der Waals surface area contributed by atoms with Gasteiger partial charge in [-0.2, -0.15) is 0 Å². The molecule has 1 aliphatic carbocycles. The lowest BCUT2D eigenvalue weighted by Crippen LogP contribution is -2.16. The number of rotatable bonds is 4. The first-order valence-corrected chi connectivity index (χ1v) is 8.79. The number of ether oxygens (including phenoxy) is 1. The molecule has 0 aliphatic heterocycles. The van der Waals surface area contributed by atoms with Crippen LogP contribution in [-0.2, 0) is 0 Å². The third kappa shape index (κ3) is 2.80. The molecule has 0 amide bonds. The Hall–Kier alpha value is -2.69. The topological polar surface area (TPSA) is 58.8 Å². The van der Waals surface area contributed by atoms with Gasteiger partial charge in [0.15, 0.2) is 11.5 Å². The number of phenolic OH excluding ortho intramolecular Hbond substituents is 1. The fourth-order valence-electron chi connectivity index (χ4n) is 3.63. The number of pyridine rings is 1. The molecule has 3 aromatic rings. The Balaban J connectivity index is 1.88. The van der Waals surface area contributed by atoms with Crippen molar-refractivity contribution in [3.05, 3.63) is 42.1 Å². The van der Waals surface area contributed by atoms with E-state index in [4.69, 9.17) is 9.72 Å². The van der Waals surface area contributed by atoms with Gasteiger partial charge < -0.3 is 15.2 Å². The van der Waals surface area contributed by atoms with Gasteiger partial charge >= 0.3 is 0 Å². The lowest BCUT2D eigenvalue weighted by atomic mass is 10.1. The number of aryl methyl sites for hydroxylation is 1. The molecule has 0 radical (unpaired) electrons. The van der Waals surface area contributed by atoms with Crippen LogP contribution in [0.3, 0.4) is 0 Å². The highest BCUT2D eigenvalue weighted by molar-refractivity contribution is 5.79. The van der Waals surface area contributed by atoms with Gasteiger partial charge in [-0.15, -0.1) is 0 Å². The summed E-state index contributed by atoms with van der Waals surface area (Å²) in [6.45, 7) is 2.07. The SMILES string of the molecule is COc1cc(-c2nc3c(C)cccn3c2NC2CCCC2)ccc1O. The minimum absolute atomic E-state index is 0.136. The van der Waals surface area contributed by atoms with E-state index in [9.17, 15) is 5.11 Å². The van der Waals surface area contributed by atoms with Crippen molar-refractivity contribution in [1.29, 1.82) is 0 Å². The Kier molecular flexibility index (Phi) is 3.99. The number of nitrogens with zero attached hydrogens (tertiary/aromatic N) is 2. The number of aromatic hydroxyl groups is 1. The van der Waals surface area contributed by atoms with Crippen LogP contribution in [0, 0.1) is 6.92 Å². The molecule has 1 saturated carbocycles. The number of fused-ring (bicyclic) bond motifs is 1. The van der Waals surface area contributed by atoms with Crippen molar-refractivity contribution in [3.63, 3.8) is 0 Å². The smallest absolute Gasteiger partial charge is 0.161 e. The van der Waals surface area contributed by atoms with E-state index in [0.717, 1.165) is 28.3 Å². The highest BCUT2D eigenvalue weighted by Gasteiger charge is 2.21. The molecule has 0 spiro atoms. The number of nitrogens with one attached hydrogen (secondary N) is 1. The predicted octanol–water partition coefficient (Wildman–Crippen LogP) is 4.38. The second-order valence-corrected chi connectivity index (χ2v) is 6.71. The van der Waals surface area contributed by atoms with E-state index in [2.05, 4.69) is 22.7 Å². The zero-order chi connectivity index (χ0) is 17.4. The first kappa shape index (κ1) is 15.8. The van der Waals surface area contributed by atoms with Gasteiger partial charge in [-0.05, 0) is 49.6 Å². The molecule has 1 aromatic carbocycles. The van der Waals surface area contributed by atoms with Gasteiger partial charge in [0, 0.05) is 17.8 Å². The molecule has 1 aliphatic rings. The Labute approximate surface area is 147 Å². The van der Waals surface area contributed by atoms with Crippen LogP contribution in [0.4, 0.5) is 5.82 Å². The van der Waals surface area contributed by atoms with Gasteiger partial charge in [0.2, 0.25) is 0 Å². The maximum atomic E-state index is 9.90. The zero-order valence-electron chi connectivity index (χ0n) is 14.6. The maximum Gasteiger partial charge on any atom is 0.161 e. The minimum atomic E-state index is 0.136. The molecule has 2 N–H and O–H groups in total. The highest BCUT2D eigenvalue weighted by atomic mass is 16.5. The molecule has 130 valence electrons. The molecule has 0 atom stereocenters. The van der Waals surface area contributed by atoms with Crippen molar-refractivity contribution < 1.29 is 9.84 Å². The molecule has 4 rings (SSSR count). The molecule has 0 saturated heterocycles. The summed E-state index contributed by atoms with van der Waals surface area (Å²) in [5.74, 6) is 1.60. The summed E-state index contributed by atoms with van der Waals surface area (Å²) in [4.78, 5) is 4.89. The Morgan fingerprint density at radius 1 is 1.24 bits per heavy atom. The number of methoxy groups -OCH3 is 1. The Morgan fingerprint density at radius 3 is 2.80 bits per heavy atom. The van der Waals surface area contributed by atoms with Crippen LogP contribution < -0.4 is 10.1 Å². The third-order valence-corrected chi connectivity index (χ3v) is 4.99. The summed E-state index contributed by atoms with van der Waals surface area (Å²) >= 11 is 0. The maximum absolute atomic E-state index is 9.90. The largest absolute Gasteiger partial charge is 0.504 e. The number of benzene rings is 1. The van der Waals surface area contributed by atoms with Crippen molar-refractivity contribution in [2.45, 2.75) is 38.6 Å². The van der Waals surface area contributed by atoms with Crippen LogP contribution in [0.15, 0.2) is 36.5 Å². The molecular formula is C20H23N3O2.